The number of amides is 1. The molecule has 2 saturated heterocycles. The van der Waals surface area contributed by atoms with Gasteiger partial charge in [-0.2, -0.15) is 0 Å². The maximum absolute atomic E-state index is 15.7. The second-order valence-electron chi connectivity index (χ2n) is 18.6. The van der Waals surface area contributed by atoms with Crippen LogP contribution in [-0.2, 0) is 52.4 Å². The summed E-state index contributed by atoms with van der Waals surface area (Å²) in [5.74, 6) is -6.76. The molecule has 2 N–H and O–H groups in total. The van der Waals surface area contributed by atoms with Crippen molar-refractivity contribution in [2.75, 3.05) is 6.61 Å². The van der Waals surface area contributed by atoms with E-state index in [0.29, 0.717) is 11.1 Å². The van der Waals surface area contributed by atoms with Crippen molar-refractivity contribution in [1.29, 1.82) is 0 Å². The van der Waals surface area contributed by atoms with Crippen LogP contribution >= 0.6 is 0 Å². The number of carbonyl (C=O) groups is 6. The summed E-state index contributed by atoms with van der Waals surface area (Å²) in [6.45, 7) is 15.8. The first-order valence-corrected chi connectivity index (χ1v) is 21.0. The molecule has 14 nitrogen and oxygen atoms in total. The second-order valence-corrected chi connectivity index (χ2v) is 18.6. The average molecular weight is 844 g/mol. The normalized spacial score (nSPS) is 36.8. The first-order chi connectivity index (χ1) is 28.5. The van der Waals surface area contributed by atoms with Crippen molar-refractivity contribution in [3.63, 3.8) is 0 Å². The van der Waals surface area contributed by atoms with Crippen LogP contribution in [-0.4, -0.2) is 94.6 Å². The Balaban J connectivity index is 1.39. The quantitative estimate of drug-likeness (QED) is 0.138. The Morgan fingerprint density at radius 1 is 0.885 bits per heavy atom. The third-order valence-electron chi connectivity index (χ3n) is 14.8. The summed E-state index contributed by atoms with van der Waals surface area (Å²) in [4.78, 5) is 84.2. The fourth-order valence-corrected chi connectivity index (χ4v) is 10.7. The Morgan fingerprint density at radius 2 is 1.49 bits per heavy atom. The Bertz CT molecular complexity index is 2150. The maximum atomic E-state index is 15.7. The Hall–Kier alpha value is -4.92. The zero-order valence-electron chi connectivity index (χ0n) is 36.4. The molecule has 3 aliphatic carbocycles. The highest BCUT2D eigenvalue weighted by atomic mass is 16.6. The fraction of sp³-hybridized carbons (Fsp3) is 0.574. The van der Waals surface area contributed by atoms with Crippen LogP contribution < -0.4 is 5.32 Å². The van der Waals surface area contributed by atoms with Crippen LogP contribution in [0.4, 0.5) is 0 Å². The Morgan fingerprint density at radius 3 is 2.03 bits per heavy atom. The predicted octanol–water partition coefficient (Wildman–Crippen LogP) is 5.15. The monoisotopic (exact) mass is 843 g/mol. The van der Waals surface area contributed by atoms with Gasteiger partial charge in [0.15, 0.2) is 23.1 Å². The number of Topliss-reactive ketones (excluding diaryl/α,β-unsaturated/α-hetero) is 1. The molecule has 14 heteroatoms. The fourth-order valence-electron chi connectivity index (χ4n) is 10.7. The number of aliphatic hydroxyl groups is 1. The van der Waals surface area contributed by atoms with Crippen LogP contribution in [0.1, 0.15) is 104 Å². The van der Waals surface area contributed by atoms with Crippen molar-refractivity contribution in [3.8, 4) is 0 Å². The number of rotatable bonds is 10. The summed E-state index contributed by atoms with van der Waals surface area (Å²) < 4.78 is 36.8. The summed E-state index contributed by atoms with van der Waals surface area (Å²) in [7, 11) is 0. The van der Waals surface area contributed by atoms with E-state index in [1.807, 2.05) is 13.0 Å². The Kier molecular flexibility index (Phi) is 11.2. The summed E-state index contributed by atoms with van der Waals surface area (Å²) in [6, 6.07) is 16.3. The summed E-state index contributed by atoms with van der Waals surface area (Å²) in [5, 5.41) is 16.8. The molecule has 13 atom stereocenters. The third-order valence-corrected chi connectivity index (χ3v) is 14.8. The zero-order valence-corrected chi connectivity index (χ0v) is 36.4. The Labute approximate surface area is 356 Å². The van der Waals surface area contributed by atoms with Gasteiger partial charge < -0.3 is 38.8 Å². The molecule has 1 amide bonds. The van der Waals surface area contributed by atoms with Gasteiger partial charge in [-0.05, 0) is 68.9 Å². The van der Waals surface area contributed by atoms with Crippen LogP contribution in [0.25, 0.3) is 0 Å². The minimum absolute atomic E-state index is 0.164. The highest BCUT2D eigenvalue weighted by Crippen LogP contribution is 2.65. The lowest BCUT2D eigenvalue weighted by Crippen LogP contribution is -2.80. The van der Waals surface area contributed by atoms with Crippen LogP contribution in [0, 0.1) is 28.6 Å². The molecule has 61 heavy (non-hydrogen) atoms. The number of epoxide rings is 1. The molecule has 2 heterocycles. The number of hydrogen-bond acceptors (Lipinski definition) is 13. The van der Waals surface area contributed by atoms with Crippen LogP contribution in [0.5, 0.6) is 0 Å². The minimum Gasteiger partial charge on any atom is -0.457 e. The summed E-state index contributed by atoms with van der Waals surface area (Å²) in [5.41, 5.74) is -6.58. The lowest BCUT2D eigenvalue weighted by atomic mass is 9.43. The largest absolute Gasteiger partial charge is 0.457 e. The standard InChI is InChI=1S/C47H57NO13/c1-24-21-33-46(23-56-33,61-29(6)50)37-39(59-41(53)31-19-15-12-16-20-31)47(55)22-32(25(2)34(43(47,7)8)36(57-28(5)49)38(51)44(24,37)9)58-40(52)26(3)35(30-17-13-11-14-18-30)48-42(54)45(10)27(4)60-45/h11-20,24,26-27,32-33,35-37,39,55H,21-23H2,1-10H3,(H,48,54)/t24-,26+,27?,32-,33+,35+,36+,37-,39-,44+,45?,46-,47+/m0/s1. The van der Waals surface area contributed by atoms with Crippen LogP contribution in [0.3, 0.4) is 0 Å². The lowest BCUT2D eigenvalue weighted by Gasteiger charge is -2.68. The van der Waals surface area contributed by atoms with Crippen molar-refractivity contribution >= 4 is 35.6 Å². The predicted molar refractivity (Wildman–Crippen MR) is 217 cm³/mol. The van der Waals surface area contributed by atoms with E-state index in [9.17, 15) is 29.1 Å². The van der Waals surface area contributed by atoms with E-state index in [-0.39, 0.29) is 36.7 Å². The molecule has 2 unspecified atom stereocenters. The van der Waals surface area contributed by atoms with Crippen molar-refractivity contribution < 1.29 is 62.3 Å². The van der Waals surface area contributed by atoms with Crippen molar-refractivity contribution in [3.05, 3.63) is 82.9 Å². The molecule has 0 aromatic heterocycles. The van der Waals surface area contributed by atoms with Gasteiger partial charge in [-0.25, -0.2) is 4.79 Å². The molecule has 0 spiro atoms. The van der Waals surface area contributed by atoms with Crippen LogP contribution in [0.2, 0.25) is 0 Å². The minimum atomic E-state index is -2.20. The van der Waals surface area contributed by atoms with E-state index in [1.165, 1.54) is 13.8 Å². The first kappa shape index (κ1) is 44.1. The molecular weight excluding hydrogens is 787 g/mol. The molecule has 4 fully saturated rings. The maximum Gasteiger partial charge on any atom is 0.338 e. The molecule has 328 valence electrons. The van der Waals surface area contributed by atoms with Gasteiger partial charge in [0.25, 0.3) is 5.91 Å². The summed E-state index contributed by atoms with van der Waals surface area (Å²) in [6.07, 6.45) is -5.62. The molecule has 2 aromatic rings. The van der Waals surface area contributed by atoms with E-state index in [2.05, 4.69) is 5.32 Å². The number of ketones is 1. The van der Waals surface area contributed by atoms with Gasteiger partial charge in [0.2, 0.25) is 0 Å². The van der Waals surface area contributed by atoms with E-state index in [1.54, 1.807) is 103 Å². The van der Waals surface area contributed by atoms with Crippen molar-refractivity contribution in [1.82, 2.24) is 5.32 Å². The van der Waals surface area contributed by atoms with E-state index in [4.69, 9.17) is 28.4 Å². The molecular formula is C47H57NO13. The number of nitrogens with one attached hydrogen (secondary N) is 1. The van der Waals surface area contributed by atoms with Crippen LogP contribution in [0.15, 0.2) is 71.8 Å². The smallest absolute Gasteiger partial charge is 0.338 e. The first-order valence-electron chi connectivity index (χ1n) is 21.0. The average Bonchev–Trinajstić information content (AvgIpc) is 3.84. The van der Waals surface area contributed by atoms with Gasteiger partial charge in [0.1, 0.15) is 23.9 Å². The van der Waals surface area contributed by atoms with E-state index in [0.717, 1.165) is 0 Å². The molecule has 7 rings (SSSR count). The number of ether oxygens (including phenoxy) is 6. The molecule has 2 aliphatic heterocycles. The number of fused-ring (bicyclic) bond motifs is 5. The third kappa shape index (κ3) is 6.98. The lowest BCUT2D eigenvalue weighted by molar-refractivity contribution is -0.340. The highest BCUT2D eigenvalue weighted by Gasteiger charge is 2.77. The van der Waals surface area contributed by atoms with Crippen molar-refractivity contribution in [2.45, 2.75) is 135 Å². The van der Waals surface area contributed by atoms with Gasteiger partial charge in [0.05, 0.1) is 36.2 Å². The molecule has 2 aromatic carbocycles. The molecule has 5 aliphatic rings. The molecule has 0 radical (unpaired) electrons. The zero-order chi connectivity index (χ0) is 44.6. The number of benzene rings is 2. The SMILES string of the molecule is CC(=O)O[C@H]1C(=O)[C@@]2(C)[C@H]([C@H](OC(=O)c3ccccc3)[C@]3(O)C[C@H](OC(=O)[C@H](C)[C@@H](NC(=O)C4(C)OC4C)c4ccccc4)C(C)=C1C3(C)C)[C@]1(OC(C)=O)CO[C@@H]1C[C@@H]2C. The van der Waals surface area contributed by atoms with Gasteiger partial charge >= 0.3 is 23.9 Å². The van der Waals surface area contributed by atoms with Crippen molar-refractivity contribution in [2.24, 2.45) is 28.6 Å². The van der Waals surface area contributed by atoms with E-state index >= 15 is 4.79 Å². The second kappa shape index (κ2) is 15.5. The van der Waals surface area contributed by atoms with Gasteiger partial charge in [-0.1, -0.05) is 76.2 Å². The van der Waals surface area contributed by atoms with Gasteiger partial charge in [-0.15, -0.1) is 0 Å². The van der Waals surface area contributed by atoms with E-state index < -0.39 is 111 Å². The number of esters is 4. The molecule has 2 saturated carbocycles. The van der Waals surface area contributed by atoms with Gasteiger partial charge in [-0.3, -0.25) is 24.0 Å². The van der Waals surface area contributed by atoms with Gasteiger partial charge in [0, 0.05) is 31.1 Å². The number of carbonyl (C=O) groups excluding carboxylic acids is 6. The summed E-state index contributed by atoms with van der Waals surface area (Å²) >= 11 is 0. The topological polar surface area (TPSA) is 193 Å². The highest BCUT2D eigenvalue weighted by molar-refractivity contribution is 5.95. The number of hydrogen-bond donors (Lipinski definition) is 2. The molecule has 2 bridgehead atoms.